The first-order valence-electron chi connectivity index (χ1n) is 8.36. The van der Waals surface area contributed by atoms with Gasteiger partial charge in [0.25, 0.3) is 5.91 Å². The van der Waals surface area contributed by atoms with Gasteiger partial charge in [-0.3, -0.25) is 9.78 Å². The van der Waals surface area contributed by atoms with Gasteiger partial charge in [0.2, 0.25) is 5.44 Å². The van der Waals surface area contributed by atoms with Crippen molar-refractivity contribution in [3.8, 4) is 30.4 Å². The molecule has 0 bridgehead atoms. The standard InChI is InChI=1S/C21H22N2O2S/c1-6-15-12-16-13-17(10-11-18(16)22-14-15)25-20(26-5)19(24)23-21(7-2,8-3)9-4/h1-2,10-14,20H,8-9H2,3-5H3,(H,23,24). The van der Waals surface area contributed by atoms with E-state index in [1.807, 2.05) is 38.3 Å². The van der Waals surface area contributed by atoms with Crippen LogP contribution in [0.25, 0.3) is 10.9 Å². The van der Waals surface area contributed by atoms with Gasteiger partial charge in [-0.15, -0.1) is 24.6 Å². The normalized spacial score (nSPS) is 12.0. The zero-order valence-electron chi connectivity index (χ0n) is 15.2. The summed E-state index contributed by atoms with van der Waals surface area (Å²) in [5.74, 6) is 5.60. The van der Waals surface area contributed by atoms with E-state index in [9.17, 15) is 4.79 Å². The van der Waals surface area contributed by atoms with Gasteiger partial charge in [0, 0.05) is 17.1 Å². The Balaban J connectivity index is 2.21. The van der Waals surface area contributed by atoms with E-state index < -0.39 is 11.0 Å². The Labute approximate surface area is 159 Å². The van der Waals surface area contributed by atoms with Gasteiger partial charge in [0.05, 0.1) is 5.52 Å². The number of amides is 1. The third kappa shape index (κ3) is 4.31. The van der Waals surface area contributed by atoms with E-state index in [4.69, 9.17) is 17.6 Å². The summed E-state index contributed by atoms with van der Waals surface area (Å²) >= 11 is 1.31. The lowest BCUT2D eigenvalue weighted by Crippen LogP contribution is -2.50. The van der Waals surface area contributed by atoms with E-state index in [1.54, 1.807) is 12.3 Å². The first-order chi connectivity index (χ1) is 12.5. The molecule has 0 saturated heterocycles. The minimum atomic E-state index is -0.706. The van der Waals surface area contributed by atoms with Gasteiger partial charge < -0.3 is 10.1 Å². The average Bonchev–Trinajstić information content (AvgIpc) is 2.69. The van der Waals surface area contributed by atoms with Crippen LogP contribution in [0.4, 0.5) is 0 Å². The lowest BCUT2D eigenvalue weighted by molar-refractivity contribution is -0.125. The average molecular weight is 366 g/mol. The summed E-state index contributed by atoms with van der Waals surface area (Å²) in [5.41, 5.74) is 0.147. The van der Waals surface area contributed by atoms with Crippen molar-refractivity contribution in [3.05, 3.63) is 36.0 Å². The molecule has 4 nitrogen and oxygen atoms in total. The summed E-state index contributed by atoms with van der Waals surface area (Å²) in [5, 5.41) is 3.81. The topological polar surface area (TPSA) is 51.2 Å². The number of hydrogen-bond donors (Lipinski definition) is 1. The van der Waals surface area contributed by atoms with Gasteiger partial charge in [0.15, 0.2) is 0 Å². The Morgan fingerprint density at radius 1 is 1.35 bits per heavy atom. The van der Waals surface area contributed by atoms with Gasteiger partial charge in [-0.1, -0.05) is 25.7 Å². The number of hydrogen-bond acceptors (Lipinski definition) is 4. The summed E-state index contributed by atoms with van der Waals surface area (Å²) in [6.07, 6.45) is 15.8. The molecule has 1 amide bonds. The molecular weight excluding hydrogens is 344 g/mol. The Hall–Kier alpha value is -2.63. The van der Waals surface area contributed by atoms with Crippen molar-refractivity contribution in [1.82, 2.24) is 10.3 Å². The molecule has 26 heavy (non-hydrogen) atoms. The number of benzene rings is 1. The number of terminal acetylenes is 2. The maximum Gasteiger partial charge on any atom is 0.272 e. The molecular formula is C21H22N2O2S. The number of carbonyl (C=O) groups excluding carboxylic acids is 1. The summed E-state index contributed by atoms with van der Waals surface area (Å²) in [6.45, 7) is 3.91. The van der Waals surface area contributed by atoms with Crippen LogP contribution >= 0.6 is 11.8 Å². The second-order valence-corrected chi connectivity index (χ2v) is 6.73. The number of pyridine rings is 1. The van der Waals surface area contributed by atoms with Crippen LogP contribution in [0.15, 0.2) is 30.5 Å². The SMILES string of the molecule is C#Cc1cnc2ccc(OC(SC)C(=O)NC(C#C)(CC)CC)cc2c1. The van der Waals surface area contributed by atoms with Crippen molar-refractivity contribution in [2.45, 2.75) is 37.7 Å². The highest BCUT2D eigenvalue weighted by molar-refractivity contribution is 7.99. The lowest BCUT2D eigenvalue weighted by atomic mass is 9.94. The first kappa shape index (κ1) is 19.7. The summed E-state index contributed by atoms with van der Waals surface area (Å²) in [6, 6.07) is 7.31. The zero-order chi connectivity index (χ0) is 19.2. The van der Waals surface area contributed by atoms with Crippen molar-refractivity contribution < 1.29 is 9.53 Å². The minimum absolute atomic E-state index is 0.241. The van der Waals surface area contributed by atoms with Crippen molar-refractivity contribution in [3.63, 3.8) is 0 Å². The highest BCUT2D eigenvalue weighted by Gasteiger charge is 2.30. The van der Waals surface area contributed by atoms with Gasteiger partial charge in [-0.05, 0) is 43.4 Å². The predicted octanol–water partition coefficient (Wildman–Crippen LogP) is 3.59. The van der Waals surface area contributed by atoms with Gasteiger partial charge >= 0.3 is 0 Å². The number of nitrogens with one attached hydrogen (secondary N) is 1. The van der Waals surface area contributed by atoms with Gasteiger partial charge in [-0.2, -0.15) is 0 Å². The maximum atomic E-state index is 12.6. The molecule has 0 fully saturated rings. The monoisotopic (exact) mass is 366 g/mol. The molecule has 0 saturated carbocycles. The zero-order valence-corrected chi connectivity index (χ0v) is 16.0. The molecule has 1 unspecified atom stereocenters. The van der Waals surface area contributed by atoms with Crippen molar-refractivity contribution in [2.24, 2.45) is 0 Å². The molecule has 0 aliphatic rings. The van der Waals surface area contributed by atoms with E-state index in [-0.39, 0.29) is 5.91 Å². The number of ether oxygens (including phenoxy) is 1. The molecule has 1 heterocycles. The highest BCUT2D eigenvalue weighted by atomic mass is 32.2. The third-order valence-corrected chi connectivity index (χ3v) is 5.07. The van der Waals surface area contributed by atoms with Crippen LogP contribution in [0.2, 0.25) is 0 Å². The van der Waals surface area contributed by atoms with Crippen LogP contribution in [0, 0.1) is 24.7 Å². The fourth-order valence-electron chi connectivity index (χ4n) is 2.56. The number of nitrogens with zero attached hydrogens (tertiary/aromatic N) is 1. The largest absolute Gasteiger partial charge is 0.470 e. The van der Waals surface area contributed by atoms with Crippen LogP contribution in [-0.2, 0) is 4.79 Å². The Morgan fingerprint density at radius 2 is 2.08 bits per heavy atom. The Morgan fingerprint density at radius 3 is 2.65 bits per heavy atom. The predicted molar refractivity (Wildman–Crippen MR) is 108 cm³/mol. The van der Waals surface area contributed by atoms with E-state index >= 15 is 0 Å². The van der Waals surface area contributed by atoms with E-state index in [0.29, 0.717) is 24.2 Å². The third-order valence-electron chi connectivity index (χ3n) is 4.34. The van der Waals surface area contributed by atoms with Crippen LogP contribution in [0.1, 0.15) is 32.3 Å². The van der Waals surface area contributed by atoms with Gasteiger partial charge in [0.1, 0.15) is 11.3 Å². The number of fused-ring (bicyclic) bond motifs is 1. The Bertz CT molecular complexity index is 876. The molecule has 1 atom stereocenters. The number of carbonyl (C=O) groups is 1. The van der Waals surface area contributed by atoms with Crippen LogP contribution in [0.5, 0.6) is 5.75 Å². The molecule has 0 spiro atoms. The second kappa shape index (κ2) is 8.65. The molecule has 134 valence electrons. The van der Waals surface area contributed by atoms with E-state index in [0.717, 1.165) is 10.9 Å². The number of aromatic nitrogens is 1. The summed E-state index contributed by atoms with van der Waals surface area (Å²) in [7, 11) is 0. The number of thioether (sulfide) groups is 1. The van der Waals surface area contributed by atoms with E-state index in [1.165, 1.54) is 11.8 Å². The number of rotatable bonds is 7. The summed E-state index contributed by atoms with van der Waals surface area (Å²) < 4.78 is 5.89. The lowest BCUT2D eigenvalue weighted by Gasteiger charge is -2.29. The smallest absolute Gasteiger partial charge is 0.272 e. The first-order valence-corrected chi connectivity index (χ1v) is 9.65. The van der Waals surface area contributed by atoms with Crippen molar-refractivity contribution in [1.29, 1.82) is 0 Å². The molecule has 1 N–H and O–H groups in total. The summed E-state index contributed by atoms with van der Waals surface area (Å²) in [4.78, 5) is 16.9. The van der Waals surface area contributed by atoms with Crippen LogP contribution in [0.3, 0.4) is 0 Å². The van der Waals surface area contributed by atoms with Crippen LogP contribution < -0.4 is 10.1 Å². The molecule has 1 aromatic carbocycles. The van der Waals surface area contributed by atoms with Crippen molar-refractivity contribution >= 4 is 28.6 Å². The highest BCUT2D eigenvalue weighted by Crippen LogP contribution is 2.24. The maximum absolute atomic E-state index is 12.6. The van der Waals surface area contributed by atoms with E-state index in [2.05, 4.69) is 22.1 Å². The second-order valence-electron chi connectivity index (χ2n) is 5.83. The molecule has 1 aromatic heterocycles. The Kier molecular flexibility index (Phi) is 6.55. The molecule has 2 aromatic rings. The molecule has 0 aliphatic carbocycles. The van der Waals surface area contributed by atoms with Gasteiger partial charge in [-0.25, -0.2) is 0 Å². The fraction of sp³-hybridized carbons (Fsp3) is 0.333. The molecule has 0 aliphatic heterocycles. The molecule has 0 radical (unpaired) electrons. The van der Waals surface area contributed by atoms with Crippen molar-refractivity contribution in [2.75, 3.05) is 6.26 Å². The quantitative estimate of drug-likeness (QED) is 0.601. The molecule has 5 heteroatoms. The fourth-order valence-corrected chi connectivity index (χ4v) is 3.04. The minimum Gasteiger partial charge on any atom is -0.470 e. The van der Waals surface area contributed by atoms with Crippen LogP contribution in [-0.4, -0.2) is 28.1 Å². The molecule has 2 rings (SSSR count).